The van der Waals surface area contributed by atoms with Crippen LogP contribution < -0.4 is 4.72 Å². The molecular formula is C18H22N2O5S2. The van der Waals surface area contributed by atoms with Crippen LogP contribution in [-0.2, 0) is 24.8 Å². The Hall–Kier alpha value is -1.94. The van der Waals surface area contributed by atoms with Crippen LogP contribution in [0.4, 0.5) is 5.69 Å². The predicted molar refractivity (Wildman–Crippen MR) is 103 cm³/mol. The molecule has 146 valence electrons. The summed E-state index contributed by atoms with van der Waals surface area (Å²) in [5, 5.41) is 0. The number of nitrogens with one attached hydrogen (secondary N) is 1. The Bertz CT molecular complexity index is 1040. The van der Waals surface area contributed by atoms with Gasteiger partial charge in [0.25, 0.3) is 10.0 Å². The topological polar surface area (TPSA) is 92.8 Å². The molecule has 2 aromatic carbocycles. The first kappa shape index (κ1) is 19.8. The van der Waals surface area contributed by atoms with Gasteiger partial charge in [0.15, 0.2) is 0 Å². The molecule has 27 heavy (non-hydrogen) atoms. The maximum absolute atomic E-state index is 12.9. The minimum absolute atomic E-state index is 0.0915. The van der Waals surface area contributed by atoms with Crippen LogP contribution in [0.1, 0.15) is 11.1 Å². The number of hydrogen-bond donors (Lipinski definition) is 1. The second-order valence-corrected chi connectivity index (χ2v) is 10.0. The zero-order valence-electron chi connectivity index (χ0n) is 15.2. The van der Waals surface area contributed by atoms with Gasteiger partial charge in [-0.2, -0.15) is 4.31 Å². The fourth-order valence-electron chi connectivity index (χ4n) is 2.86. The second-order valence-electron chi connectivity index (χ2n) is 6.42. The molecule has 0 amide bonds. The normalized spacial score (nSPS) is 16.2. The zero-order valence-corrected chi connectivity index (χ0v) is 16.8. The Kier molecular flexibility index (Phi) is 5.57. The van der Waals surface area contributed by atoms with E-state index in [0.717, 1.165) is 5.56 Å². The Balaban J connectivity index is 1.94. The third-order valence-electron chi connectivity index (χ3n) is 4.33. The largest absolute Gasteiger partial charge is 0.379 e. The molecule has 7 nitrogen and oxygen atoms in total. The lowest BCUT2D eigenvalue weighted by Crippen LogP contribution is -2.40. The van der Waals surface area contributed by atoms with Crippen molar-refractivity contribution in [2.24, 2.45) is 0 Å². The third kappa shape index (κ3) is 4.32. The number of rotatable bonds is 5. The molecule has 0 saturated carbocycles. The van der Waals surface area contributed by atoms with E-state index in [-0.39, 0.29) is 28.6 Å². The number of sulfonamides is 2. The van der Waals surface area contributed by atoms with Crippen molar-refractivity contribution in [2.45, 2.75) is 23.6 Å². The van der Waals surface area contributed by atoms with E-state index < -0.39 is 20.0 Å². The SMILES string of the molecule is Cc1cccc(S(=O)(=O)Nc2ccc(C)c(S(=O)(=O)N3CCOCC3)c2)c1. The molecule has 1 aliphatic rings. The second kappa shape index (κ2) is 7.59. The molecule has 1 heterocycles. The van der Waals surface area contributed by atoms with Crippen LogP contribution in [0.25, 0.3) is 0 Å². The van der Waals surface area contributed by atoms with Gasteiger partial charge in [-0.05, 0) is 49.2 Å². The summed E-state index contributed by atoms with van der Waals surface area (Å²) in [6, 6.07) is 11.0. The predicted octanol–water partition coefficient (Wildman–Crippen LogP) is 2.13. The van der Waals surface area contributed by atoms with Gasteiger partial charge in [-0.15, -0.1) is 0 Å². The molecular weight excluding hydrogens is 388 g/mol. The summed E-state index contributed by atoms with van der Waals surface area (Å²) in [6.07, 6.45) is 0. The third-order valence-corrected chi connectivity index (χ3v) is 7.75. The first-order valence-electron chi connectivity index (χ1n) is 8.48. The fourth-order valence-corrected chi connectivity index (χ4v) is 5.68. The molecule has 1 fully saturated rings. The summed E-state index contributed by atoms with van der Waals surface area (Å²) in [6.45, 7) is 4.74. The highest BCUT2D eigenvalue weighted by Gasteiger charge is 2.28. The van der Waals surface area contributed by atoms with Gasteiger partial charge in [-0.1, -0.05) is 18.2 Å². The van der Waals surface area contributed by atoms with Gasteiger partial charge in [0.1, 0.15) is 0 Å². The molecule has 0 atom stereocenters. The molecule has 1 saturated heterocycles. The van der Waals surface area contributed by atoms with E-state index in [2.05, 4.69) is 4.72 Å². The number of ether oxygens (including phenoxy) is 1. The Labute approximate surface area is 160 Å². The molecule has 0 radical (unpaired) electrons. The fraction of sp³-hybridized carbons (Fsp3) is 0.333. The molecule has 0 bridgehead atoms. The van der Waals surface area contributed by atoms with Crippen molar-refractivity contribution in [2.75, 3.05) is 31.0 Å². The number of benzene rings is 2. The summed E-state index contributed by atoms with van der Waals surface area (Å²) < 4.78 is 60.1. The number of anilines is 1. The maximum atomic E-state index is 12.9. The van der Waals surface area contributed by atoms with Gasteiger partial charge in [0, 0.05) is 13.1 Å². The highest BCUT2D eigenvalue weighted by Crippen LogP contribution is 2.26. The van der Waals surface area contributed by atoms with Crippen molar-refractivity contribution >= 4 is 25.7 Å². The molecule has 0 unspecified atom stereocenters. The van der Waals surface area contributed by atoms with Crippen LogP contribution in [0.3, 0.4) is 0 Å². The van der Waals surface area contributed by atoms with E-state index in [9.17, 15) is 16.8 Å². The molecule has 1 N–H and O–H groups in total. The lowest BCUT2D eigenvalue weighted by molar-refractivity contribution is 0.0730. The lowest BCUT2D eigenvalue weighted by Gasteiger charge is -2.26. The van der Waals surface area contributed by atoms with Gasteiger partial charge in [-0.3, -0.25) is 4.72 Å². The summed E-state index contributed by atoms with van der Waals surface area (Å²) >= 11 is 0. The van der Waals surface area contributed by atoms with E-state index >= 15 is 0 Å². The summed E-state index contributed by atoms with van der Waals surface area (Å²) in [5.74, 6) is 0. The molecule has 1 aliphatic heterocycles. The summed E-state index contributed by atoms with van der Waals surface area (Å²) in [7, 11) is -7.54. The first-order valence-corrected chi connectivity index (χ1v) is 11.4. The molecule has 3 rings (SSSR count). The van der Waals surface area contributed by atoms with Gasteiger partial charge < -0.3 is 4.74 Å². The van der Waals surface area contributed by atoms with Crippen LogP contribution in [0.2, 0.25) is 0 Å². The standard InChI is InChI=1S/C18H22N2O5S2/c1-14-4-3-5-17(12-14)26(21,22)19-16-7-6-15(2)18(13-16)27(23,24)20-8-10-25-11-9-20/h3-7,12-13,19H,8-11H2,1-2H3. The van der Waals surface area contributed by atoms with E-state index in [0.29, 0.717) is 18.8 Å². The first-order chi connectivity index (χ1) is 12.7. The van der Waals surface area contributed by atoms with Crippen molar-refractivity contribution < 1.29 is 21.6 Å². The van der Waals surface area contributed by atoms with Crippen LogP contribution in [-0.4, -0.2) is 47.4 Å². The number of morpholine rings is 1. The summed E-state index contributed by atoms with van der Waals surface area (Å²) in [4.78, 5) is 0.217. The van der Waals surface area contributed by atoms with Crippen LogP contribution in [0, 0.1) is 13.8 Å². The van der Waals surface area contributed by atoms with Crippen molar-refractivity contribution in [3.8, 4) is 0 Å². The number of aryl methyl sites for hydroxylation is 2. The van der Waals surface area contributed by atoms with Crippen LogP contribution >= 0.6 is 0 Å². The highest BCUT2D eigenvalue weighted by atomic mass is 32.2. The van der Waals surface area contributed by atoms with Gasteiger partial charge in [0.2, 0.25) is 10.0 Å². The van der Waals surface area contributed by atoms with E-state index in [1.807, 2.05) is 0 Å². The average molecular weight is 411 g/mol. The van der Waals surface area contributed by atoms with Gasteiger partial charge >= 0.3 is 0 Å². The number of hydrogen-bond acceptors (Lipinski definition) is 5. The maximum Gasteiger partial charge on any atom is 0.261 e. The quantitative estimate of drug-likeness (QED) is 0.815. The molecule has 0 aromatic heterocycles. The van der Waals surface area contributed by atoms with E-state index in [1.165, 1.54) is 16.4 Å². The van der Waals surface area contributed by atoms with Crippen molar-refractivity contribution in [3.63, 3.8) is 0 Å². The van der Waals surface area contributed by atoms with Crippen molar-refractivity contribution in [1.82, 2.24) is 4.31 Å². The smallest absolute Gasteiger partial charge is 0.261 e. The monoisotopic (exact) mass is 410 g/mol. The van der Waals surface area contributed by atoms with Gasteiger partial charge in [0.05, 0.1) is 28.7 Å². The lowest BCUT2D eigenvalue weighted by atomic mass is 10.2. The van der Waals surface area contributed by atoms with Crippen LogP contribution in [0.15, 0.2) is 52.3 Å². The Morgan fingerprint density at radius 2 is 1.67 bits per heavy atom. The Morgan fingerprint density at radius 3 is 2.33 bits per heavy atom. The highest BCUT2D eigenvalue weighted by molar-refractivity contribution is 7.92. The van der Waals surface area contributed by atoms with Gasteiger partial charge in [-0.25, -0.2) is 16.8 Å². The van der Waals surface area contributed by atoms with Crippen molar-refractivity contribution in [3.05, 3.63) is 53.6 Å². The van der Waals surface area contributed by atoms with Crippen molar-refractivity contribution in [1.29, 1.82) is 0 Å². The average Bonchev–Trinajstić information content (AvgIpc) is 2.64. The molecule has 0 aliphatic carbocycles. The molecule has 9 heteroatoms. The minimum Gasteiger partial charge on any atom is -0.379 e. The van der Waals surface area contributed by atoms with E-state index in [4.69, 9.17) is 4.74 Å². The summed E-state index contributed by atoms with van der Waals surface area (Å²) in [5.41, 5.74) is 1.58. The zero-order chi connectivity index (χ0) is 19.7. The minimum atomic E-state index is -3.81. The Morgan fingerprint density at radius 1 is 0.963 bits per heavy atom. The van der Waals surface area contributed by atoms with E-state index in [1.54, 1.807) is 44.2 Å². The number of nitrogens with zero attached hydrogens (tertiary/aromatic N) is 1. The molecule has 0 spiro atoms. The van der Waals surface area contributed by atoms with Crippen LogP contribution in [0.5, 0.6) is 0 Å². The molecule has 2 aromatic rings.